The molecule has 1 atom stereocenters. The topological polar surface area (TPSA) is 92.1 Å². The van der Waals surface area contributed by atoms with Crippen LogP contribution < -0.4 is 0 Å². The van der Waals surface area contributed by atoms with Gasteiger partial charge in [-0.05, 0) is 12.5 Å². The van der Waals surface area contributed by atoms with Crippen molar-refractivity contribution in [2.24, 2.45) is 5.11 Å². The van der Waals surface area contributed by atoms with Gasteiger partial charge in [0.2, 0.25) is 5.54 Å². The standard InChI is InChI=1S/C11H11N3O3/c1-11(13-14-12,10(16)17-2)9(15)8-6-4-3-5-7-8/h3-7H,1-2H3. The van der Waals surface area contributed by atoms with Crippen LogP contribution in [0.25, 0.3) is 10.4 Å². The molecular formula is C11H11N3O3. The molecule has 0 aliphatic carbocycles. The molecule has 0 saturated heterocycles. The van der Waals surface area contributed by atoms with E-state index in [4.69, 9.17) is 5.53 Å². The molecule has 0 heterocycles. The van der Waals surface area contributed by atoms with Gasteiger partial charge in [0.1, 0.15) is 0 Å². The van der Waals surface area contributed by atoms with Crippen LogP contribution in [-0.4, -0.2) is 24.4 Å². The number of ether oxygens (including phenoxy) is 1. The number of carbonyl (C=O) groups excluding carboxylic acids is 2. The van der Waals surface area contributed by atoms with Gasteiger partial charge in [-0.25, -0.2) is 0 Å². The van der Waals surface area contributed by atoms with Gasteiger partial charge < -0.3 is 4.74 Å². The maximum Gasteiger partial charge on any atom is 0.325 e. The predicted molar refractivity (Wildman–Crippen MR) is 60.3 cm³/mol. The molecular weight excluding hydrogens is 222 g/mol. The van der Waals surface area contributed by atoms with Gasteiger partial charge >= 0.3 is 5.97 Å². The summed E-state index contributed by atoms with van der Waals surface area (Å²) < 4.78 is 4.49. The summed E-state index contributed by atoms with van der Waals surface area (Å²) in [4.78, 5) is 26.1. The second kappa shape index (κ2) is 5.14. The van der Waals surface area contributed by atoms with Gasteiger partial charge in [0.15, 0.2) is 5.78 Å². The van der Waals surface area contributed by atoms with Crippen LogP contribution in [0.4, 0.5) is 0 Å². The Morgan fingerprint density at radius 1 is 1.35 bits per heavy atom. The van der Waals surface area contributed by atoms with E-state index < -0.39 is 17.3 Å². The molecule has 0 spiro atoms. The highest BCUT2D eigenvalue weighted by Gasteiger charge is 2.42. The average molecular weight is 233 g/mol. The van der Waals surface area contributed by atoms with Crippen LogP contribution in [0.1, 0.15) is 17.3 Å². The molecule has 0 aromatic heterocycles. The first kappa shape index (κ1) is 12.7. The normalized spacial score (nSPS) is 13.1. The molecule has 1 aromatic rings. The SMILES string of the molecule is COC(=O)C(C)(N=[N+]=[N-])C(=O)c1ccccc1. The Balaban J connectivity index is 3.22. The van der Waals surface area contributed by atoms with Crippen molar-refractivity contribution < 1.29 is 14.3 Å². The van der Waals surface area contributed by atoms with Gasteiger partial charge in [0.05, 0.1) is 7.11 Å². The first-order valence-corrected chi connectivity index (χ1v) is 4.80. The molecule has 1 rings (SSSR count). The van der Waals surface area contributed by atoms with E-state index >= 15 is 0 Å². The summed E-state index contributed by atoms with van der Waals surface area (Å²) in [5.74, 6) is -1.48. The second-order valence-corrected chi connectivity index (χ2v) is 3.45. The zero-order valence-corrected chi connectivity index (χ0v) is 9.45. The van der Waals surface area contributed by atoms with E-state index in [1.165, 1.54) is 19.1 Å². The quantitative estimate of drug-likeness (QED) is 0.199. The molecule has 0 saturated carbocycles. The molecule has 17 heavy (non-hydrogen) atoms. The molecule has 0 bridgehead atoms. The van der Waals surface area contributed by atoms with Crippen molar-refractivity contribution in [1.29, 1.82) is 0 Å². The van der Waals surface area contributed by atoms with Crippen molar-refractivity contribution in [2.75, 3.05) is 7.11 Å². The Hall–Kier alpha value is -2.33. The Kier molecular flexibility index (Phi) is 3.85. The van der Waals surface area contributed by atoms with Crippen LogP contribution in [-0.2, 0) is 9.53 Å². The molecule has 1 aromatic carbocycles. The summed E-state index contributed by atoms with van der Waals surface area (Å²) in [7, 11) is 1.13. The first-order chi connectivity index (χ1) is 8.06. The third-order valence-electron chi connectivity index (χ3n) is 2.31. The number of esters is 1. The zero-order chi connectivity index (χ0) is 12.9. The summed E-state index contributed by atoms with van der Waals surface area (Å²) in [6.07, 6.45) is 0. The lowest BCUT2D eigenvalue weighted by Crippen LogP contribution is -2.42. The Morgan fingerprint density at radius 3 is 2.41 bits per heavy atom. The molecule has 6 heteroatoms. The summed E-state index contributed by atoms with van der Waals surface area (Å²) in [5, 5.41) is 3.26. The Bertz CT molecular complexity index is 480. The number of rotatable bonds is 4. The summed E-state index contributed by atoms with van der Waals surface area (Å²) in [6, 6.07) is 8.12. The van der Waals surface area contributed by atoms with Crippen molar-refractivity contribution in [1.82, 2.24) is 0 Å². The predicted octanol–water partition coefficient (Wildman–Crippen LogP) is 2.11. The van der Waals surface area contributed by atoms with Crippen LogP contribution in [0.2, 0.25) is 0 Å². The monoisotopic (exact) mass is 233 g/mol. The van der Waals surface area contributed by atoms with E-state index in [0.29, 0.717) is 0 Å². The van der Waals surface area contributed by atoms with E-state index in [0.717, 1.165) is 7.11 Å². The highest BCUT2D eigenvalue weighted by Crippen LogP contribution is 2.19. The summed E-state index contributed by atoms with van der Waals surface area (Å²) >= 11 is 0. The fourth-order valence-electron chi connectivity index (χ4n) is 1.34. The van der Waals surface area contributed by atoms with Crippen molar-refractivity contribution in [3.8, 4) is 0 Å². The van der Waals surface area contributed by atoms with Gasteiger partial charge in [-0.1, -0.05) is 35.4 Å². The van der Waals surface area contributed by atoms with Gasteiger partial charge in [0, 0.05) is 10.5 Å². The lowest BCUT2D eigenvalue weighted by molar-refractivity contribution is -0.144. The number of methoxy groups -OCH3 is 1. The molecule has 1 unspecified atom stereocenters. The van der Waals surface area contributed by atoms with E-state index in [2.05, 4.69) is 14.8 Å². The summed E-state index contributed by atoms with van der Waals surface area (Å²) in [6.45, 7) is 1.23. The minimum absolute atomic E-state index is 0.285. The second-order valence-electron chi connectivity index (χ2n) is 3.45. The smallest absolute Gasteiger partial charge is 0.325 e. The molecule has 0 N–H and O–H groups in total. The maximum atomic E-state index is 12.1. The minimum Gasteiger partial charge on any atom is -0.468 e. The number of carbonyl (C=O) groups is 2. The number of azide groups is 1. The third-order valence-corrected chi connectivity index (χ3v) is 2.31. The Labute approximate surface area is 97.8 Å². The zero-order valence-electron chi connectivity index (χ0n) is 9.45. The van der Waals surface area contributed by atoms with Gasteiger partial charge in [-0.2, -0.15) is 0 Å². The molecule has 0 radical (unpaired) electrons. The number of benzene rings is 1. The molecule has 6 nitrogen and oxygen atoms in total. The number of Topliss-reactive ketones (excluding diaryl/α,β-unsaturated/α-hetero) is 1. The third kappa shape index (κ3) is 2.43. The van der Waals surface area contributed by atoms with Gasteiger partial charge in [-0.3, -0.25) is 9.59 Å². The highest BCUT2D eigenvalue weighted by molar-refractivity contribution is 6.16. The van der Waals surface area contributed by atoms with Crippen molar-refractivity contribution in [2.45, 2.75) is 12.5 Å². The Morgan fingerprint density at radius 2 is 1.94 bits per heavy atom. The number of nitrogens with zero attached hydrogens (tertiary/aromatic N) is 3. The molecule has 0 aliphatic heterocycles. The lowest BCUT2D eigenvalue weighted by atomic mass is 9.92. The maximum absolute atomic E-state index is 12.1. The van der Waals surface area contributed by atoms with E-state index in [1.807, 2.05) is 0 Å². The lowest BCUT2D eigenvalue weighted by Gasteiger charge is -2.19. The molecule has 0 fully saturated rings. The highest BCUT2D eigenvalue weighted by atomic mass is 16.5. The van der Waals surface area contributed by atoms with Crippen LogP contribution in [0.5, 0.6) is 0 Å². The van der Waals surface area contributed by atoms with Crippen LogP contribution in [0.15, 0.2) is 35.4 Å². The molecule has 88 valence electrons. The number of hydrogen-bond donors (Lipinski definition) is 0. The fraction of sp³-hybridized carbons (Fsp3) is 0.273. The molecule has 0 amide bonds. The fourth-order valence-corrected chi connectivity index (χ4v) is 1.34. The largest absolute Gasteiger partial charge is 0.468 e. The van der Waals surface area contributed by atoms with Crippen LogP contribution >= 0.6 is 0 Å². The first-order valence-electron chi connectivity index (χ1n) is 4.80. The van der Waals surface area contributed by atoms with E-state index in [9.17, 15) is 9.59 Å². The van der Waals surface area contributed by atoms with Gasteiger partial charge in [-0.15, -0.1) is 0 Å². The van der Waals surface area contributed by atoms with Crippen LogP contribution in [0, 0.1) is 0 Å². The minimum atomic E-state index is -1.87. The molecule has 0 aliphatic rings. The van der Waals surface area contributed by atoms with Crippen molar-refractivity contribution in [3.05, 3.63) is 46.3 Å². The van der Waals surface area contributed by atoms with Crippen molar-refractivity contribution >= 4 is 11.8 Å². The van der Waals surface area contributed by atoms with Crippen LogP contribution in [0.3, 0.4) is 0 Å². The van der Waals surface area contributed by atoms with E-state index in [1.54, 1.807) is 18.2 Å². The van der Waals surface area contributed by atoms with Gasteiger partial charge in [0.25, 0.3) is 0 Å². The summed E-state index contributed by atoms with van der Waals surface area (Å²) in [5.41, 5.74) is 6.86. The van der Waals surface area contributed by atoms with Crippen molar-refractivity contribution in [3.63, 3.8) is 0 Å². The van der Waals surface area contributed by atoms with E-state index in [-0.39, 0.29) is 5.56 Å². The number of hydrogen-bond acceptors (Lipinski definition) is 4. The number of ketones is 1. The average Bonchev–Trinajstić information content (AvgIpc) is 2.38.